The number of aromatic amines is 1. The average molecular weight is 594 g/mol. The third kappa shape index (κ3) is 19.0. The van der Waals surface area contributed by atoms with Gasteiger partial charge in [-0.05, 0) is 100 Å². The van der Waals surface area contributed by atoms with Gasteiger partial charge < -0.3 is 5.32 Å². The van der Waals surface area contributed by atoms with Gasteiger partial charge in [0.05, 0.1) is 6.20 Å². The van der Waals surface area contributed by atoms with E-state index >= 15 is 0 Å². The maximum absolute atomic E-state index is 4.02. The first-order valence-corrected chi connectivity index (χ1v) is 17.6. The van der Waals surface area contributed by atoms with Crippen LogP contribution in [0.1, 0.15) is 149 Å². The van der Waals surface area contributed by atoms with Gasteiger partial charge in [-0.1, -0.05) is 136 Å². The number of benzene rings is 1. The van der Waals surface area contributed by atoms with Crippen LogP contribution >= 0.6 is 0 Å². The van der Waals surface area contributed by atoms with Gasteiger partial charge in [0.2, 0.25) is 0 Å². The second kappa shape index (κ2) is 24.2. The Morgan fingerprint density at radius 3 is 2.02 bits per heavy atom. The van der Waals surface area contributed by atoms with Crippen LogP contribution in [-0.2, 0) is 19.3 Å². The summed E-state index contributed by atoms with van der Waals surface area (Å²) in [5, 5.41) is 10.2. The van der Waals surface area contributed by atoms with E-state index in [9.17, 15) is 0 Å². The van der Waals surface area contributed by atoms with Crippen LogP contribution in [-0.4, -0.2) is 23.3 Å². The summed E-state index contributed by atoms with van der Waals surface area (Å²) in [4.78, 5) is 0. The predicted molar refractivity (Wildman–Crippen MR) is 194 cm³/mol. The number of nitrogens with one attached hydrogen (secondary N) is 2. The van der Waals surface area contributed by atoms with Crippen molar-refractivity contribution in [2.45, 2.75) is 159 Å². The Morgan fingerprint density at radius 2 is 1.56 bits per heavy atom. The van der Waals surface area contributed by atoms with Crippen molar-refractivity contribution in [3.63, 3.8) is 0 Å². The molecule has 0 saturated heterocycles. The number of allylic oxidation sites excluding steroid dienone is 2. The van der Waals surface area contributed by atoms with Crippen LogP contribution in [0, 0.1) is 18.3 Å². The van der Waals surface area contributed by atoms with Crippen LogP contribution in [0.25, 0.3) is 0 Å². The number of H-pyrrole nitrogens is 1. The first-order chi connectivity index (χ1) is 20.5. The fourth-order valence-electron chi connectivity index (χ4n) is 5.05. The molecule has 246 valence electrons. The third-order valence-electron chi connectivity index (χ3n) is 8.65. The molecule has 0 aliphatic rings. The van der Waals surface area contributed by atoms with Crippen molar-refractivity contribution in [3.8, 4) is 0 Å². The van der Waals surface area contributed by atoms with E-state index in [4.69, 9.17) is 0 Å². The molecule has 2 rings (SSSR count). The molecule has 2 N–H and O–H groups in total. The van der Waals surface area contributed by atoms with Crippen LogP contribution in [0.15, 0.2) is 54.3 Å². The number of likely N-dealkylation sites (N-methyl/N-ethyl adjacent to an activating group) is 1. The molecule has 0 bridgehead atoms. The Hall–Kier alpha value is -2.13. The number of hydrogen-bond donors (Lipinski definition) is 2. The maximum atomic E-state index is 4.02. The van der Waals surface area contributed by atoms with Gasteiger partial charge in [0, 0.05) is 11.7 Å². The number of unbranched alkanes of at least 4 members (excludes halogenated alkanes) is 3. The molecule has 0 fully saturated rings. The fourth-order valence-corrected chi connectivity index (χ4v) is 5.05. The number of hydrogen-bond acceptors (Lipinski definition) is 2. The lowest BCUT2D eigenvalue weighted by Gasteiger charge is -2.27. The number of nitrogens with zero attached hydrogens (tertiary/aromatic N) is 1. The van der Waals surface area contributed by atoms with E-state index in [-0.39, 0.29) is 0 Å². The molecule has 0 spiro atoms. The van der Waals surface area contributed by atoms with Gasteiger partial charge in [0.25, 0.3) is 0 Å². The molecule has 43 heavy (non-hydrogen) atoms. The van der Waals surface area contributed by atoms with Gasteiger partial charge in [0.15, 0.2) is 0 Å². The van der Waals surface area contributed by atoms with Crippen LogP contribution in [0.4, 0.5) is 0 Å². The zero-order valence-corrected chi connectivity index (χ0v) is 30.5. The highest BCUT2D eigenvalue weighted by Crippen LogP contribution is 2.33. The molecule has 0 radical (unpaired) electrons. The molecule has 1 aromatic heterocycles. The Kier molecular flexibility index (Phi) is 23.0. The average Bonchev–Trinajstić information content (AvgIpc) is 3.41. The molecule has 0 aliphatic heterocycles. The first kappa shape index (κ1) is 40.9. The van der Waals surface area contributed by atoms with E-state index in [1.807, 2.05) is 13.2 Å². The highest BCUT2D eigenvalue weighted by atomic mass is 15.1. The zero-order valence-electron chi connectivity index (χ0n) is 30.5. The Bertz CT molecular complexity index is 979. The summed E-state index contributed by atoms with van der Waals surface area (Å²) in [6, 6.07) is 9.40. The molecular weight excluding hydrogens is 522 g/mol. The minimum atomic E-state index is 0.386. The lowest BCUT2D eigenvalue weighted by molar-refractivity contribution is 0.332. The van der Waals surface area contributed by atoms with E-state index in [0.717, 1.165) is 12.3 Å². The van der Waals surface area contributed by atoms with Crippen LogP contribution in [0.3, 0.4) is 0 Å². The smallest absolute Gasteiger partial charge is 0.0522 e. The van der Waals surface area contributed by atoms with Gasteiger partial charge in [-0.15, -0.1) is 0 Å². The number of aromatic nitrogens is 2. The third-order valence-corrected chi connectivity index (χ3v) is 8.65. The van der Waals surface area contributed by atoms with Crippen LogP contribution in [0.2, 0.25) is 0 Å². The largest absolute Gasteiger partial charge is 0.313 e. The topological polar surface area (TPSA) is 40.7 Å². The van der Waals surface area contributed by atoms with Crippen LogP contribution < -0.4 is 5.32 Å². The van der Waals surface area contributed by atoms with E-state index in [1.54, 1.807) is 5.57 Å². The summed E-state index contributed by atoms with van der Waals surface area (Å²) in [5.41, 5.74) is 8.79. The summed E-state index contributed by atoms with van der Waals surface area (Å²) in [5.74, 6) is 0.780. The Morgan fingerprint density at radius 1 is 0.953 bits per heavy atom. The van der Waals surface area contributed by atoms with E-state index in [2.05, 4.69) is 122 Å². The van der Waals surface area contributed by atoms with Gasteiger partial charge in [-0.3, -0.25) is 5.10 Å². The van der Waals surface area contributed by atoms with Crippen LogP contribution in [0.5, 0.6) is 0 Å². The molecule has 1 heterocycles. The molecule has 2 aromatic rings. The molecule has 3 nitrogen and oxygen atoms in total. The Balaban J connectivity index is 0.000000635. The summed E-state index contributed by atoms with van der Waals surface area (Å²) in [7, 11) is 2.00. The molecule has 3 heteroatoms. The van der Waals surface area contributed by atoms with Crippen molar-refractivity contribution >= 4 is 0 Å². The number of aryl methyl sites for hydroxylation is 3. The minimum Gasteiger partial charge on any atom is -0.313 e. The number of rotatable bonds is 18. The minimum absolute atomic E-state index is 0.386. The zero-order chi connectivity index (χ0) is 32.7. The summed E-state index contributed by atoms with van der Waals surface area (Å²) in [6.45, 7) is 26.7. The van der Waals surface area contributed by atoms with Gasteiger partial charge in [-0.2, -0.15) is 5.10 Å². The summed E-state index contributed by atoms with van der Waals surface area (Å²) >= 11 is 0. The lowest BCUT2D eigenvalue weighted by atomic mass is 9.78. The normalized spacial score (nSPS) is 13.0. The van der Waals surface area contributed by atoms with Crippen molar-refractivity contribution in [1.29, 1.82) is 0 Å². The molecule has 0 saturated carbocycles. The van der Waals surface area contributed by atoms with Crippen molar-refractivity contribution in [1.82, 2.24) is 15.5 Å². The second-order valence-corrected chi connectivity index (χ2v) is 13.4. The van der Waals surface area contributed by atoms with Gasteiger partial charge in [-0.25, -0.2) is 0 Å². The molecule has 0 aliphatic carbocycles. The van der Waals surface area contributed by atoms with Gasteiger partial charge >= 0.3 is 0 Å². The molecule has 1 aromatic carbocycles. The van der Waals surface area contributed by atoms with Crippen molar-refractivity contribution in [2.24, 2.45) is 11.3 Å². The molecular formula is C40H71N3. The van der Waals surface area contributed by atoms with Crippen molar-refractivity contribution in [3.05, 3.63) is 76.6 Å². The maximum Gasteiger partial charge on any atom is 0.0522 e. The molecule has 0 amide bonds. The predicted octanol–water partition coefficient (Wildman–Crippen LogP) is 11.8. The van der Waals surface area contributed by atoms with Crippen molar-refractivity contribution < 1.29 is 0 Å². The van der Waals surface area contributed by atoms with E-state index < -0.39 is 0 Å². The first-order valence-electron chi connectivity index (χ1n) is 17.6. The fraction of sp³-hybridized carbons (Fsp3) is 0.675. The SMILES string of the molecule is C=C(C)C(Cc1ccc(CCCC)cc1)NC.CCC/C=C(/CC(C)(C)CC)C(C)CCC.CCCCc1cn[nH]c1C. The highest BCUT2D eigenvalue weighted by Gasteiger charge is 2.19. The van der Waals surface area contributed by atoms with Crippen molar-refractivity contribution in [2.75, 3.05) is 7.05 Å². The lowest BCUT2D eigenvalue weighted by Crippen LogP contribution is -2.28. The van der Waals surface area contributed by atoms with Gasteiger partial charge in [0.1, 0.15) is 0 Å². The van der Waals surface area contributed by atoms with E-state index in [1.165, 1.54) is 105 Å². The Labute approximate surface area is 268 Å². The van der Waals surface area contributed by atoms with E-state index in [0.29, 0.717) is 11.5 Å². The monoisotopic (exact) mass is 594 g/mol. The summed E-state index contributed by atoms with van der Waals surface area (Å²) in [6.07, 6.45) is 20.6. The molecule has 2 atom stereocenters. The molecule has 2 unspecified atom stereocenters. The highest BCUT2D eigenvalue weighted by molar-refractivity contribution is 5.25. The standard InChI is InChI=1S/C16H25N.C16H32.C8H14N2/c1-5-6-7-14-8-10-15(11-9-14)12-16(17-4)13(2)3;1-7-10-12-15(14(4)11-8-2)13-16(5,6)9-3;1-3-4-5-8-6-9-10-7(8)2/h8-11,16-17H,2,5-7,12H2,1,3-4H3;12,14H,7-11,13H2,1-6H3;6H,3-5H2,1-2H3,(H,9,10)/b;15-12-;. The summed E-state index contributed by atoms with van der Waals surface area (Å²) < 4.78 is 0. The second-order valence-electron chi connectivity index (χ2n) is 13.4. The quantitative estimate of drug-likeness (QED) is 0.169.